The Morgan fingerprint density at radius 3 is 2.90 bits per heavy atom. The van der Waals surface area contributed by atoms with Crippen molar-refractivity contribution in [3.05, 3.63) is 29.9 Å². The molecule has 0 bridgehead atoms. The van der Waals surface area contributed by atoms with Crippen LogP contribution in [0.25, 0.3) is 0 Å². The first-order valence-electron chi connectivity index (χ1n) is 2.84. The van der Waals surface area contributed by atoms with Crippen LogP contribution in [0, 0.1) is 0 Å². The third kappa shape index (κ3) is 1.33. The Kier molecular flexibility index (Phi) is 2.39. The largest absolute Gasteiger partial charge is 0.321 e. The summed E-state index contributed by atoms with van der Waals surface area (Å²) in [5.74, 6) is 5.12. The van der Waals surface area contributed by atoms with Crippen molar-refractivity contribution < 1.29 is 0 Å². The Bertz CT molecular complexity index is 266. The quantitative estimate of drug-likeness (QED) is 0.471. The smallest absolute Gasteiger partial charge is 0.162 e. The van der Waals surface area contributed by atoms with Gasteiger partial charge >= 0.3 is 0 Å². The number of hydrogen-bond donors (Lipinski definition) is 1. The molecule has 0 saturated heterocycles. The first-order chi connectivity index (χ1) is 4.88. The molecule has 0 aliphatic rings. The summed E-state index contributed by atoms with van der Waals surface area (Å²) in [7, 11) is 0. The van der Waals surface area contributed by atoms with Crippen molar-refractivity contribution in [1.29, 1.82) is 0 Å². The molecule has 0 aromatic carbocycles. The number of hydrogen-bond acceptors (Lipinski definition) is 3. The lowest BCUT2D eigenvalue weighted by molar-refractivity contribution is 1.01. The molecule has 0 amide bonds. The van der Waals surface area contributed by atoms with Crippen LogP contribution in [-0.2, 0) is 0 Å². The molecule has 0 aliphatic carbocycles. The molecular formula is C6H9N3S. The minimum atomic E-state index is 0.773. The fourth-order valence-electron chi connectivity index (χ4n) is 0.674. The fourth-order valence-corrected chi connectivity index (χ4v) is 1.16. The molecule has 0 aliphatic heterocycles. The molecule has 0 fully saturated rings. The maximum Gasteiger partial charge on any atom is 0.162 e. The first kappa shape index (κ1) is 7.21. The molecule has 54 valence electrons. The Labute approximate surface area is 63.7 Å². The number of pyridine rings is 1. The predicted molar refractivity (Wildman–Crippen MR) is 43.1 cm³/mol. The van der Waals surface area contributed by atoms with Crippen molar-refractivity contribution in [2.45, 2.75) is 0 Å². The molecule has 0 atom stereocenters. The Balaban J connectivity index is 3.23. The molecule has 3 nitrogen and oxygen atoms in total. The fraction of sp³-hybridized carbons (Fsp3) is 0.167. The zero-order valence-corrected chi connectivity index (χ0v) is 6.51. The van der Waals surface area contributed by atoms with Crippen LogP contribution < -0.4 is 11.3 Å². The molecule has 1 rings (SSSR count). The summed E-state index contributed by atoms with van der Waals surface area (Å²) in [5, 5.41) is 3.58. The van der Waals surface area contributed by atoms with E-state index >= 15 is 0 Å². The maximum absolute atomic E-state index is 5.12. The Morgan fingerprint density at radius 2 is 2.40 bits per heavy atom. The highest BCUT2D eigenvalue weighted by Gasteiger charge is 1.85. The monoisotopic (exact) mass is 155 g/mol. The zero-order valence-electron chi connectivity index (χ0n) is 5.69. The minimum absolute atomic E-state index is 0.773. The van der Waals surface area contributed by atoms with E-state index in [1.165, 1.54) is 0 Å². The van der Waals surface area contributed by atoms with Crippen LogP contribution in [-0.4, -0.2) is 10.2 Å². The molecular weight excluding hydrogens is 146 g/mol. The second-order valence-corrected chi connectivity index (χ2v) is 2.45. The van der Waals surface area contributed by atoms with Gasteiger partial charge in [0.15, 0.2) is 5.49 Å². The van der Waals surface area contributed by atoms with Crippen molar-refractivity contribution in [3.63, 3.8) is 0 Å². The summed E-state index contributed by atoms with van der Waals surface area (Å²) in [6.07, 6.45) is 3.88. The lowest BCUT2D eigenvalue weighted by Crippen LogP contribution is -2.16. The van der Waals surface area contributed by atoms with Gasteiger partial charge in [0.05, 0.1) is 0 Å². The summed E-state index contributed by atoms with van der Waals surface area (Å²) in [4.78, 5) is 0. The highest BCUT2D eigenvalue weighted by molar-refractivity contribution is 7.97. The molecule has 1 aromatic rings. The molecule has 1 heterocycles. The molecule has 1 aromatic heterocycles. The van der Waals surface area contributed by atoms with E-state index in [0.717, 1.165) is 5.49 Å². The van der Waals surface area contributed by atoms with Gasteiger partial charge in [-0.3, -0.25) is 3.97 Å². The molecule has 10 heavy (non-hydrogen) atoms. The van der Waals surface area contributed by atoms with Crippen LogP contribution in [0.2, 0.25) is 0 Å². The standard InChI is InChI=1S/C6H9N3S/c1-10-9-5-3-2-4-6(9)8-7/h2-5H,7H2,1H3/b8-6-. The lowest BCUT2D eigenvalue weighted by Gasteiger charge is -1.98. The van der Waals surface area contributed by atoms with Crippen molar-refractivity contribution >= 4 is 11.9 Å². The summed E-state index contributed by atoms with van der Waals surface area (Å²) in [5.41, 5.74) is 0.773. The summed E-state index contributed by atoms with van der Waals surface area (Å²) >= 11 is 1.56. The van der Waals surface area contributed by atoms with E-state index in [9.17, 15) is 0 Å². The summed E-state index contributed by atoms with van der Waals surface area (Å²) in [6, 6.07) is 5.69. The van der Waals surface area contributed by atoms with Gasteiger partial charge in [0, 0.05) is 12.5 Å². The van der Waals surface area contributed by atoms with Crippen LogP contribution in [0.1, 0.15) is 0 Å². The Morgan fingerprint density at radius 1 is 1.60 bits per heavy atom. The zero-order chi connectivity index (χ0) is 7.40. The van der Waals surface area contributed by atoms with Crippen LogP contribution >= 0.6 is 11.9 Å². The number of rotatable bonds is 1. The van der Waals surface area contributed by atoms with E-state index in [1.54, 1.807) is 11.9 Å². The molecule has 2 N–H and O–H groups in total. The predicted octanol–water partition coefficient (Wildman–Crippen LogP) is 0.389. The van der Waals surface area contributed by atoms with Crippen LogP contribution in [0.15, 0.2) is 29.5 Å². The summed E-state index contributed by atoms with van der Waals surface area (Å²) in [6.45, 7) is 0. The van der Waals surface area contributed by atoms with Crippen LogP contribution in [0.3, 0.4) is 0 Å². The van der Waals surface area contributed by atoms with E-state index in [1.807, 2.05) is 34.6 Å². The van der Waals surface area contributed by atoms with Gasteiger partial charge in [0.25, 0.3) is 0 Å². The van der Waals surface area contributed by atoms with Crippen molar-refractivity contribution in [3.8, 4) is 0 Å². The van der Waals surface area contributed by atoms with Gasteiger partial charge in [-0.15, -0.1) is 0 Å². The van der Waals surface area contributed by atoms with Gasteiger partial charge < -0.3 is 5.84 Å². The SMILES string of the molecule is CSn1cccc/c1=N/N. The van der Waals surface area contributed by atoms with E-state index in [2.05, 4.69) is 5.10 Å². The van der Waals surface area contributed by atoms with Crippen molar-refractivity contribution in [2.75, 3.05) is 6.26 Å². The minimum Gasteiger partial charge on any atom is -0.321 e. The molecule has 4 heteroatoms. The van der Waals surface area contributed by atoms with E-state index in [4.69, 9.17) is 5.84 Å². The average molecular weight is 155 g/mol. The third-order valence-corrected chi connectivity index (χ3v) is 1.83. The van der Waals surface area contributed by atoms with Crippen LogP contribution in [0.4, 0.5) is 0 Å². The van der Waals surface area contributed by atoms with E-state index < -0.39 is 0 Å². The van der Waals surface area contributed by atoms with E-state index in [0.29, 0.717) is 0 Å². The number of aromatic nitrogens is 1. The van der Waals surface area contributed by atoms with Gasteiger partial charge in [0.2, 0.25) is 0 Å². The lowest BCUT2D eigenvalue weighted by atomic mass is 10.5. The number of nitrogens with zero attached hydrogens (tertiary/aromatic N) is 2. The topological polar surface area (TPSA) is 43.3 Å². The molecule has 0 saturated carbocycles. The average Bonchev–Trinajstić information content (AvgIpc) is 2.04. The molecule has 0 radical (unpaired) electrons. The van der Waals surface area contributed by atoms with Gasteiger partial charge in [-0.1, -0.05) is 6.07 Å². The third-order valence-electron chi connectivity index (χ3n) is 1.13. The highest BCUT2D eigenvalue weighted by Crippen LogP contribution is 1.92. The van der Waals surface area contributed by atoms with Gasteiger partial charge in [-0.2, -0.15) is 5.10 Å². The maximum atomic E-state index is 5.12. The Hall–Kier alpha value is -0.900. The van der Waals surface area contributed by atoms with Gasteiger partial charge in [0.1, 0.15) is 0 Å². The molecule has 0 spiro atoms. The van der Waals surface area contributed by atoms with E-state index in [-0.39, 0.29) is 0 Å². The first-order valence-corrected chi connectivity index (χ1v) is 4.02. The van der Waals surface area contributed by atoms with Gasteiger partial charge in [-0.25, -0.2) is 0 Å². The second kappa shape index (κ2) is 3.31. The van der Waals surface area contributed by atoms with Crippen molar-refractivity contribution in [1.82, 2.24) is 3.97 Å². The molecule has 0 unspecified atom stereocenters. The summed E-state index contributed by atoms with van der Waals surface area (Å²) < 4.78 is 1.89. The number of nitrogens with two attached hydrogens (primary N) is 1. The normalized spacial score (nSPS) is 11.9. The van der Waals surface area contributed by atoms with Crippen molar-refractivity contribution in [2.24, 2.45) is 10.9 Å². The van der Waals surface area contributed by atoms with Gasteiger partial charge in [-0.05, 0) is 24.1 Å². The highest BCUT2D eigenvalue weighted by atomic mass is 32.2. The second-order valence-electron chi connectivity index (χ2n) is 1.70. The van der Waals surface area contributed by atoms with Crippen LogP contribution in [0.5, 0.6) is 0 Å².